The molecule has 0 spiro atoms. The Morgan fingerprint density at radius 2 is 2.20 bits per heavy atom. The molecular formula is C11H16ClNO2. The van der Waals surface area contributed by atoms with Crippen molar-refractivity contribution in [3.63, 3.8) is 0 Å². The summed E-state index contributed by atoms with van der Waals surface area (Å²) in [5, 5.41) is 0.440. The Bertz CT molecular complexity index is 292. The second-order valence-corrected chi connectivity index (χ2v) is 4.02. The number of hydrogen-bond donors (Lipinski definition) is 0. The van der Waals surface area contributed by atoms with Crippen LogP contribution in [0, 0.1) is 5.92 Å². The van der Waals surface area contributed by atoms with Gasteiger partial charge in [0, 0.05) is 18.9 Å². The highest BCUT2D eigenvalue weighted by Gasteiger charge is 1.97. The first-order valence-electron chi connectivity index (χ1n) is 5.00. The van der Waals surface area contributed by atoms with Crippen LogP contribution in [0.5, 0.6) is 5.75 Å². The van der Waals surface area contributed by atoms with Crippen molar-refractivity contribution in [2.75, 3.05) is 19.8 Å². The van der Waals surface area contributed by atoms with Crippen molar-refractivity contribution in [1.29, 1.82) is 0 Å². The summed E-state index contributed by atoms with van der Waals surface area (Å²) in [5.74, 6) is 1.28. The molecule has 0 saturated heterocycles. The van der Waals surface area contributed by atoms with Crippen LogP contribution < -0.4 is 4.74 Å². The van der Waals surface area contributed by atoms with Gasteiger partial charge < -0.3 is 9.47 Å². The van der Waals surface area contributed by atoms with Gasteiger partial charge in [-0.2, -0.15) is 0 Å². The normalized spacial score (nSPS) is 10.7. The zero-order valence-electron chi connectivity index (χ0n) is 9.07. The van der Waals surface area contributed by atoms with E-state index in [9.17, 15) is 0 Å². The predicted molar refractivity (Wildman–Crippen MR) is 60.4 cm³/mol. The van der Waals surface area contributed by atoms with Gasteiger partial charge in [-0.15, -0.1) is 0 Å². The summed E-state index contributed by atoms with van der Waals surface area (Å²) < 4.78 is 10.8. The molecule has 0 fully saturated rings. The Balaban J connectivity index is 2.15. The number of halogens is 1. The Morgan fingerprint density at radius 3 is 2.87 bits per heavy atom. The van der Waals surface area contributed by atoms with Crippen molar-refractivity contribution in [2.24, 2.45) is 5.92 Å². The minimum Gasteiger partial charge on any atom is -0.491 e. The van der Waals surface area contributed by atoms with E-state index in [-0.39, 0.29) is 0 Å². The monoisotopic (exact) mass is 229 g/mol. The third-order valence-corrected chi connectivity index (χ3v) is 1.85. The summed E-state index contributed by atoms with van der Waals surface area (Å²) in [6.07, 6.45) is 1.62. The van der Waals surface area contributed by atoms with Gasteiger partial charge >= 0.3 is 0 Å². The molecule has 0 bridgehead atoms. The van der Waals surface area contributed by atoms with Crippen LogP contribution in [0.25, 0.3) is 0 Å². The zero-order chi connectivity index (χ0) is 11.1. The smallest absolute Gasteiger partial charge is 0.132 e. The van der Waals surface area contributed by atoms with Crippen molar-refractivity contribution >= 4 is 11.6 Å². The van der Waals surface area contributed by atoms with Crippen molar-refractivity contribution in [1.82, 2.24) is 4.98 Å². The molecule has 0 saturated carbocycles. The fourth-order valence-electron chi connectivity index (χ4n) is 1.01. The maximum Gasteiger partial charge on any atom is 0.132 e. The van der Waals surface area contributed by atoms with E-state index in [0.717, 1.165) is 12.4 Å². The third kappa shape index (κ3) is 5.60. The maximum atomic E-state index is 5.70. The van der Waals surface area contributed by atoms with Crippen molar-refractivity contribution < 1.29 is 9.47 Å². The Labute approximate surface area is 95.4 Å². The summed E-state index contributed by atoms with van der Waals surface area (Å²) >= 11 is 5.70. The van der Waals surface area contributed by atoms with E-state index in [1.54, 1.807) is 18.3 Å². The van der Waals surface area contributed by atoms with E-state index >= 15 is 0 Å². The first-order chi connectivity index (χ1) is 7.18. The lowest BCUT2D eigenvalue weighted by atomic mass is 10.2. The Morgan fingerprint density at radius 1 is 1.40 bits per heavy atom. The van der Waals surface area contributed by atoms with Gasteiger partial charge in [0.1, 0.15) is 17.5 Å². The molecule has 1 rings (SSSR count). The van der Waals surface area contributed by atoms with Crippen LogP contribution in [0.15, 0.2) is 18.3 Å². The van der Waals surface area contributed by atoms with E-state index in [1.165, 1.54) is 0 Å². The van der Waals surface area contributed by atoms with Crippen LogP contribution in [0.1, 0.15) is 13.8 Å². The van der Waals surface area contributed by atoms with Crippen LogP contribution in [0.2, 0.25) is 5.15 Å². The summed E-state index contributed by atoms with van der Waals surface area (Å²) in [5.41, 5.74) is 0. The molecule has 3 nitrogen and oxygen atoms in total. The number of hydrogen-bond acceptors (Lipinski definition) is 3. The number of rotatable bonds is 6. The molecule has 0 amide bonds. The molecule has 0 unspecified atom stereocenters. The Kier molecular flexibility index (Phi) is 5.43. The first-order valence-corrected chi connectivity index (χ1v) is 5.38. The lowest BCUT2D eigenvalue weighted by Crippen LogP contribution is -2.10. The van der Waals surface area contributed by atoms with E-state index in [4.69, 9.17) is 21.1 Å². The summed E-state index contributed by atoms with van der Waals surface area (Å²) in [4.78, 5) is 3.86. The van der Waals surface area contributed by atoms with Gasteiger partial charge in [-0.1, -0.05) is 25.4 Å². The number of pyridine rings is 1. The highest BCUT2D eigenvalue weighted by molar-refractivity contribution is 6.29. The quantitative estimate of drug-likeness (QED) is 0.555. The highest BCUT2D eigenvalue weighted by Crippen LogP contribution is 2.13. The molecule has 84 valence electrons. The van der Waals surface area contributed by atoms with Crippen molar-refractivity contribution in [3.8, 4) is 5.75 Å². The number of nitrogens with zero attached hydrogens (tertiary/aromatic N) is 1. The SMILES string of the molecule is CC(C)COCCOc1ccnc(Cl)c1. The second kappa shape index (κ2) is 6.64. The van der Waals surface area contributed by atoms with Crippen molar-refractivity contribution in [3.05, 3.63) is 23.5 Å². The van der Waals surface area contributed by atoms with Gasteiger partial charge in [0.05, 0.1) is 6.61 Å². The van der Waals surface area contributed by atoms with Crippen molar-refractivity contribution in [2.45, 2.75) is 13.8 Å². The topological polar surface area (TPSA) is 31.4 Å². The van der Waals surface area contributed by atoms with Gasteiger partial charge in [-0.3, -0.25) is 0 Å². The molecule has 0 radical (unpaired) electrons. The number of ether oxygens (including phenoxy) is 2. The van der Waals surface area contributed by atoms with Crippen LogP contribution >= 0.6 is 11.6 Å². The van der Waals surface area contributed by atoms with Gasteiger partial charge in [0.15, 0.2) is 0 Å². The molecule has 1 heterocycles. The zero-order valence-corrected chi connectivity index (χ0v) is 9.83. The average Bonchev–Trinajstić information content (AvgIpc) is 2.17. The molecule has 15 heavy (non-hydrogen) atoms. The van der Waals surface area contributed by atoms with E-state index < -0.39 is 0 Å². The minimum atomic E-state index is 0.440. The molecule has 0 aliphatic heterocycles. The molecule has 0 N–H and O–H groups in total. The molecule has 0 atom stereocenters. The largest absolute Gasteiger partial charge is 0.491 e. The van der Waals surface area contributed by atoms with Gasteiger partial charge in [0.2, 0.25) is 0 Å². The lowest BCUT2D eigenvalue weighted by Gasteiger charge is -2.08. The van der Waals surface area contributed by atoms with Crippen LogP contribution in [-0.2, 0) is 4.74 Å². The van der Waals surface area contributed by atoms with Gasteiger partial charge in [0.25, 0.3) is 0 Å². The van der Waals surface area contributed by atoms with E-state index in [2.05, 4.69) is 18.8 Å². The summed E-state index contributed by atoms with van der Waals surface area (Å²) in [6.45, 7) is 6.12. The molecule has 1 aromatic rings. The molecule has 4 heteroatoms. The average molecular weight is 230 g/mol. The second-order valence-electron chi connectivity index (χ2n) is 3.63. The maximum absolute atomic E-state index is 5.70. The molecule has 0 aliphatic rings. The van der Waals surface area contributed by atoms with Crippen LogP contribution in [0.4, 0.5) is 0 Å². The van der Waals surface area contributed by atoms with E-state index in [1.807, 2.05) is 0 Å². The first kappa shape index (κ1) is 12.3. The third-order valence-electron chi connectivity index (χ3n) is 1.65. The van der Waals surface area contributed by atoms with Crippen LogP contribution in [-0.4, -0.2) is 24.8 Å². The minimum absolute atomic E-state index is 0.440. The lowest BCUT2D eigenvalue weighted by molar-refractivity contribution is 0.0819. The van der Waals surface area contributed by atoms with Gasteiger partial charge in [-0.05, 0) is 12.0 Å². The Hall–Kier alpha value is -0.800. The predicted octanol–water partition coefficient (Wildman–Crippen LogP) is 2.79. The van der Waals surface area contributed by atoms with Crippen LogP contribution in [0.3, 0.4) is 0 Å². The fraction of sp³-hybridized carbons (Fsp3) is 0.545. The van der Waals surface area contributed by atoms with E-state index in [0.29, 0.717) is 24.3 Å². The standard InChI is InChI=1S/C11H16ClNO2/c1-9(2)8-14-5-6-15-10-3-4-13-11(12)7-10/h3-4,7,9H,5-6,8H2,1-2H3. The van der Waals surface area contributed by atoms with Gasteiger partial charge in [-0.25, -0.2) is 4.98 Å². The summed E-state index contributed by atoms with van der Waals surface area (Å²) in [7, 11) is 0. The number of aromatic nitrogens is 1. The molecular weight excluding hydrogens is 214 g/mol. The summed E-state index contributed by atoms with van der Waals surface area (Å²) in [6, 6.07) is 3.46. The highest BCUT2D eigenvalue weighted by atomic mass is 35.5. The molecule has 0 aliphatic carbocycles. The molecule has 1 aromatic heterocycles. The molecule has 0 aromatic carbocycles. The fourth-order valence-corrected chi connectivity index (χ4v) is 1.18.